The summed E-state index contributed by atoms with van der Waals surface area (Å²) in [7, 11) is 0. The monoisotopic (exact) mass is 480 g/mol. The van der Waals surface area contributed by atoms with Crippen LogP contribution in [0, 0.1) is 11.3 Å². The Balaban J connectivity index is 1.36. The largest absolute Gasteiger partial charge is 0.461 e. The van der Waals surface area contributed by atoms with Gasteiger partial charge in [0.25, 0.3) is 0 Å². The molecule has 4 saturated heterocycles. The number of benzene rings is 1. The van der Waals surface area contributed by atoms with Crippen LogP contribution in [-0.2, 0) is 23.7 Å². The van der Waals surface area contributed by atoms with Crippen LogP contribution in [0.15, 0.2) is 30.3 Å². The van der Waals surface area contributed by atoms with E-state index in [-0.39, 0.29) is 19.4 Å². The number of carbonyl (C=O) groups is 1. The number of aliphatic hydroxyl groups excluding tert-OH is 4. The molecule has 0 amide bonds. The number of esters is 1. The van der Waals surface area contributed by atoms with Gasteiger partial charge in [-0.05, 0) is 32.4 Å². The fraction of sp³-hybridized carbons (Fsp3) is 0.696. The van der Waals surface area contributed by atoms with Crippen molar-refractivity contribution in [3.8, 4) is 0 Å². The molecule has 11 heteroatoms. The molecule has 5 N–H and O–H groups in total. The Bertz CT molecular complexity index is 1020. The molecule has 11 atom stereocenters. The third-order valence-electron chi connectivity index (χ3n) is 8.70. The smallest absolute Gasteiger partial charge is 0.338 e. The van der Waals surface area contributed by atoms with Crippen LogP contribution in [0.3, 0.4) is 0 Å². The second-order valence-electron chi connectivity index (χ2n) is 10.4. The first-order valence-corrected chi connectivity index (χ1v) is 11.3. The van der Waals surface area contributed by atoms with Crippen LogP contribution in [0.4, 0.5) is 0 Å². The predicted molar refractivity (Wildman–Crippen MR) is 109 cm³/mol. The highest BCUT2D eigenvalue weighted by Gasteiger charge is 2.98. The van der Waals surface area contributed by atoms with E-state index in [2.05, 4.69) is 0 Å². The summed E-state index contributed by atoms with van der Waals surface area (Å²) in [5.41, 5.74) is -3.20. The molecular weight excluding hydrogens is 452 g/mol. The molecule has 0 radical (unpaired) electrons. The van der Waals surface area contributed by atoms with E-state index < -0.39 is 71.0 Å². The molecule has 186 valence electrons. The van der Waals surface area contributed by atoms with Crippen molar-refractivity contribution >= 4 is 5.97 Å². The van der Waals surface area contributed by atoms with Crippen molar-refractivity contribution in [1.29, 1.82) is 0 Å². The molecule has 7 aliphatic rings. The highest BCUT2D eigenvalue weighted by molar-refractivity contribution is 5.89. The summed E-state index contributed by atoms with van der Waals surface area (Å²) in [5.74, 6) is -3.98. The lowest BCUT2D eigenvalue weighted by atomic mass is 9.39. The fourth-order valence-electron chi connectivity index (χ4n) is 7.24. The molecule has 7 fully saturated rings. The van der Waals surface area contributed by atoms with Gasteiger partial charge < -0.3 is 49.2 Å². The average Bonchev–Trinajstić information content (AvgIpc) is 2.92. The van der Waals surface area contributed by atoms with Gasteiger partial charge in [0, 0.05) is 12.3 Å². The fourth-order valence-corrected chi connectivity index (χ4v) is 7.24. The van der Waals surface area contributed by atoms with Gasteiger partial charge in [0.05, 0.1) is 11.0 Å². The minimum absolute atomic E-state index is 0.0607. The van der Waals surface area contributed by atoms with Crippen LogP contribution < -0.4 is 0 Å². The molecule has 34 heavy (non-hydrogen) atoms. The van der Waals surface area contributed by atoms with E-state index in [0.29, 0.717) is 5.56 Å². The van der Waals surface area contributed by atoms with Crippen molar-refractivity contribution in [2.75, 3.05) is 6.61 Å². The van der Waals surface area contributed by atoms with Crippen molar-refractivity contribution in [3.63, 3.8) is 0 Å². The summed E-state index contributed by atoms with van der Waals surface area (Å²) in [6.07, 6.45) is -8.12. The Hall–Kier alpha value is -1.67. The molecule has 8 rings (SSSR count). The van der Waals surface area contributed by atoms with Crippen molar-refractivity contribution < 1.29 is 54.0 Å². The van der Waals surface area contributed by atoms with E-state index in [9.17, 15) is 30.3 Å². The van der Waals surface area contributed by atoms with Crippen molar-refractivity contribution in [2.24, 2.45) is 11.3 Å². The quantitative estimate of drug-likeness (QED) is 0.328. The van der Waals surface area contributed by atoms with E-state index in [0.717, 1.165) is 0 Å². The number of ether oxygens (including phenoxy) is 5. The molecule has 6 bridgehead atoms. The third-order valence-corrected chi connectivity index (χ3v) is 8.70. The Morgan fingerprint density at radius 1 is 1.06 bits per heavy atom. The molecule has 0 aromatic heterocycles. The van der Waals surface area contributed by atoms with Gasteiger partial charge >= 0.3 is 5.97 Å². The van der Waals surface area contributed by atoms with Gasteiger partial charge in [-0.3, -0.25) is 0 Å². The zero-order valence-electron chi connectivity index (χ0n) is 18.7. The van der Waals surface area contributed by atoms with Gasteiger partial charge in [0.2, 0.25) is 0 Å². The van der Waals surface area contributed by atoms with Crippen LogP contribution in [0.25, 0.3) is 0 Å². The molecule has 4 aliphatic heterocycles. The van der Waals surface area contributed by atoms with Crippen LogP contribution in [0.1, 0.15) is 37.0 Å². The average molecular weight is 480 g/mol. The summed E-state index contributed by atoms with van der Waals surface area (Å²) < 4.78 is 29.7. The van der Waals surface area contributed by atoms with E-state index in [1.165, 1.54) is 0 Å². The first-order valence-electron chi connectivity index (χ1n) is 11.3. The first-order chi connectivity index (χ1) is 15.9. The minimum Gasteiger partial charge on any atom is -0.461 e. The van der Waals surface area contributed by atoms with E-state index in [1.54, 1.807) is 44.2 Å². The van der Waals surface area contributed by atoms with Crippen LogP contribution >= 0.6 is 0 Å². The topological polar surface area (TPSA) is 164 Å². The molecule has 1 aromatic rings. The second-order valence-corrected chi connectivity index (χ2v) is 10.4. The van der Waals surface area contributed by atoms with Crippen molar-refractivity contribution in [2.45, 2.75) is 80.4 Å². The van der Waals surface area contributed by atoms with Gasteiger partial charge in [-0.25, -0.2) is 4.79 Å². The number of carbonyl (C=O) groups excluding carboxylic acids is 1. The normalized spacial score (nSPS) is 54.7. The highest BCUT2D eigenvalue weighted by Crippen LogP contribution is 2.85. The zero-order chi connectivity index (χ0) is 24.3. The van der Waals surface area contributed by atoms with Crippen LogP contribution in [-0.4, -0.2) is 91.8 Å². The van der Waals surface area contributed by atoms with E-state index in [1.807, 2.05) is 0 Å². The molecule has 1 aromatic carbocycles. The Kier molecular flexibility index (Phi) is 4.52. The van der Waals surface area contributed by atoms with Gasteiger partial charge in [-0.15, -0.1) is 0 Å². The summed E-state index contributed by atoms with van der Waals surface area (Å²) in [5, 5.41) is 51.8. The molecule has 4 heterocycles. The van der Waals surface area contributed by atoms with Gasteiger partial charge in [0.1, 0.15) is 36.1 Å². The first kappa shape index (κ1) is 22.8. The Morgan fingerprint density at radius 3 is 2.47 bits per heavy atom. The maximum Gasteiger partial charge on any atom is 0.338 e. The SMILES string of the molecule is C[C@]12O[C@]3(O)C[C@](C)(O1)[C@@]1(OC4O[C@H](O)[C@@H](O)[C@H](O)[C@H]4O)C[C@@H]3[C@@]21COC(=O)c1ccccc1. The van der Waals surface area contributed by atoms with Gasteiger partial charge in [-0.1, -0.05) is 18.2 Å². The van der Waals surface area contributed by atoms with E-state index in [4.69, 9.17) is 23.7 Å². The molecule has 3 aliphatic carbocycles. The zero-order valence-corrected chi connectivity index (χ0v) is 18.7. The second kappa shape index (κ2) is 6.75. The standard InChI is InChI=1S/C23H28O11/c1-19-9-22(29)12-8-23(19,32-18-15(26)13(24)14(25)17(28)31-18)21(12,20(2,33-19)34-22)10-30-16(27)11-6-4-3-5-7-11/h3-7,12-15,17-18,24-26,28-29H,8-10H2,1-2H3/t12-,13+,14+,15-,17+,18?,19+,20-,21+,22-,23+/m1/s1. The lowest BCUT2D eigenvalue weighted by Gasteiger charge is -2.67. The number of hydrogen-bond acceptors (Lipinski definition) is 11. The van der Waals surface area contributed by atoms with Crippen molar-refractivity contribution in [1.82, 2.24) is 0 Å². The summed E-state index contributed by atoms with van der Waals surface area (Å²) in [6.45, 7) is 3.18. The molecule has 3 saturated carbocycles. The summed E-state index contributed by atoms with van der Waals surface area (Å²) >= 11 is 0. The predicted octanol–water partition coefficient (Wildman–Crippen LogP) is -1.01. The maximum absolute atomic E-state index is 12.8. The molecule has 11 nitrogen and oxygen atoms in total. The van der Waals surface area contributed by atoms with Crippen LogP contribution in [0.2, 0.25) is 0 Å². The Labute approximate surface area is 194 Å². The number of rotatable bonds is 5. The third kappa shape index (κ3) is 2.44. The molecular formula is C23H28O11. The summed E-state index contributed by atoms with van der Waals surface area (Å²) in [6, 6.07) is 8.44. The lowest BCUT2D eigenvalue weighted by molar-refractivity contribution is -0.436. The van der Waals surface area contributed by atoms with Gasteiger partial charge in [0.15, 0.2) is 24.2 Å². The van der Waals surface area contributed by atoms with E-state index >= 15 is 0 Å². The number of hydrogen-bond donors (Lipinski definition) is 5. The highest BCUT2D eigenvalue weighted by atomic mass is 16.8. The minimum atomic E-state index is -1.79. The van der Waals surface area contributed by atoms with Crippen molar-refractivity contribution in [3.05, 3.63) is 35.9 Å². The number of aliphatic hydroxyl groups is 5. The maximum atomic E-state index is 12.8. The summed E-state index contributed by atoms with van der Waals surface area (Å²) in [4.78, 5) is 12.8. The van der Waals surface area contributed by atoms with Crippen LogP contribution in [0.5, 0.6) is 0 Å². The lowest BCUT2D eigenvalue weighted by Crippen LogP contribution is -2.81. The molecule has 0 spiro atoms. The van der Waals surface area contributed by atoms with Gasteiger partial charge in [-0.2, -0.15) is 0 Å². The molecule has 1 unspecified atom stereocenters. The Morgan fingerprint density at radius 2 is 1.76 bits per heavy atom.